The Labute approximate surface area is 165 Å². The van der Waals surface area contributed by atoms with Crippen molar-refractivity contribution < 1.29 is 17.6 Å². The van der Waals surface area contributed by atoms with E-state index in [0.29, 0.717) is 36.5 Å². The first kappa shape index (κ1) is 20.4. The molecule has 2 aromatic carbocycles. The molecule has 1 amide bonds. The standard InChI is InChI=1S/C20H24FN3O3S/c1-23(28(26,27)19-5-3-2-4-6-19)18-11-13-24(14-12-18)15-20(25)22-17-9-7-16(21)8-10-17/h2-10,18H,11-15H2,1H3,(H,22,25). The van der Waals surface area contributed by atoms with Crippen molar-refractivity contribution >= 4 is 21.6 Å². The molecule has 1 saturated heterocycles. The number of nitrogens with zero attached hydrogens (tertiary/aromatic N) is 2. The second-order valence-corrected chi connectivity index (χ2v) is 8.89. The molecule has 1 fully saturated rings. The summed E-state index contributed by atoms with van der Waals surface area (Å²) in [5, 5.41) is 2.74. The number of rotatable bonds is 6. The molecule has 0 aromatic heterocycles. The summed E-state index contributed by atoms with van der Waals surface area (Å²) in [5.41, 5.74) is 0.551. The Kier molecular flexibility index (Phi) is 6.43. The van der Waals surface area contributed by atoms with Crippen LogP contribution >= 0.6 is 0 Å². The molecule has 1 aliphatic rings. The fraction of sp³-hybridized carbons (Fsp3) is 0.350. The zero-order valence-electron chi connectivity index (χ0n) is 15.7. The summed E-state index contributed by atoms with van der Waals surface area (Å²) in [6.07, 6.45) is 1.32. The maximum absolute atomic E-state index is 12.9. The highest BCUT2D eigenvalue weighted by atomic mass is 32.2. The Morgan fingerprint density at radius 1 is 1.11 bits per heavy atom. The summed E-state index contributed by atoms with van der Waals surface area (Å²) in [7, 11) is -1.90. The Hall–Kier alpha value is -2.29. The maximum atomic E-state index is 12.9. The average molecular weight is 405 g/mol. The highest BCUT2D eigenvalue weighted by Gasteiger charge is 2.31. The van der Waals surface area contributed by atoms with E-state index in [2.05, 4.69) is 5.32 Å². The highest BCUT2D eigenvalue weighted by Crippen LogP contribution is 2.22. The monoisotopic (exact) mass is 405 g/mol. The van der Waals surface area contributed by atoms with E-state index in [-0.39, 0.29) is 24.3 Å². The molecule has 6 nitrogen and oxygen atoms in total. The van der Waals surface area contributed by atoms with E-state index in [9.17, 15) is 17.6 Å². The van der Waals surface area contributed by atoms with Crippen LogP contribution in [-0.2, 0) is 14.8 Å². The van der Waals surface area contributed by atoms with Gasteiger partial charge in [-0.05, 0) is 49.2 Å². The number of likely N-dealkylation sites (tertiary alicyclic amines) is 1. The maximum Gasteiger partial charge on any atom is 0.243 e. The minimum absolute atomic E-state index is 0.0957. The summed E-state index contributed by atoms with van der Waals surface area (Å²) in [4.78, 5) is 14.5. The van der Waals surface area contributed by atoms with Gasteiger partial charge >= 0.3 is 0 Å². The molecule has 0 spiro atoms. The molecule has 0 aliphatic carbocycles. The highest BCUT2D eigenvalue weighted by molar-refractivity contribution is 7.89. The quantitative estimate of drug-likeness (QED) is 0.802. The fourth-order valence-corrected chi connectivity index (χ4v) is 4.77. The summed E-state index contributed by atoms with van der Waals surface area (Å²) in [6, 6.07) is 13.9. The van der Waals surface area contributed by atoms with Gasteiger partial charge in [0.25, 0.3) is 0 Å². The summed E-state index contributed by atoms with van der Waals surface area (Å²) >= 11 is 0. The number of amides is 1. The Morgan fingerprint density at radius 3 is 2.32 bits per heavy atom. The molecule has 28 heavy (non-hydrogen) atoms. The van der Waals surface area contributed by atoms with Crippen LogP contribution in [0.4, 0.5) is 10.1 Å². The van der Waals surface area contributed by atoms with E-state index in [1.165, 1.54) is 28.6 Å². The molecule has 0 radical (unpaired) electrons. The van der Waals surface area contributed by atoms with Gasteiger partial charge in [0.05, 0.1) is 11.4 Å². The lowest BCUT2D eigenvalue weighted by molar-refractivity contribution is -0.117. The largest absolute Gasteiger partial charge is 0.325 e. The minimum atomic E-state index is -3.52. The van der Waals surface area contributed by atoms with Gasteiger partial charge in [-0.15, -0.1) is 0 Å². The van der Waals surface area contributed by atoms with Gasteiger partial charge in [-0.2, -0.15) is 4.31 Å². The van der Waals surface area contributed by atoms with Crippen molar-refractivity contribution in [1.29, 1.82) is 0 Å². The van der Waals surface area contributed by atoms with Crippen LogP contribution in [0.3, 0.4) is 0 Å². The second-order valence-electron chi connectivity index (χ2n) is 6.90. The predicted molar refractivity (Wildman–Crippen MR) is 106 cm³/mol. The number of nitrogens with one attached hydrogen (secondary N) is 1. The number of hydrogen-bond donors (Lipinski definition) is 1. The smallest absolute Gasteiger partial charge is 0.243 e. The van der Waals surface area contributed by atoms with E-state index >= 15 is 0 Å². The van der Waals surface area contributed by atoms with Gasteiger partial charge in [0, 0.05) is 31.9 Å². The van der Waals surface area contributed by atoms with E-state index in [1.54, 1.807) is 37.4 Å². The molecule has 3 rings (SSSR count). The Balaban J connectivity index is 1.51. The lowest BCUT2D eigenvalue weighted by atomic mass is 10.1. The predicted octanol–water partition coefficient (Wildman–Crippen LogP) is 2.55. The lowest BCUT2D eigenvalue weighted by Gasteiger charge is -2.35. The molecule has 0 atom stereocenters. The molecular formula is C20H24FN3O3S. The van der Waals surface area contributed by atoms with Gasteiger partial charge in [0.2, 0.25) is 15.9 Å². The van der Waals surface area contributed by atoms with E-state index < -0.39 is 10.0 Å². The minimum Gasteiger partial charge on any atom is -0.325 e. The third kappa shape index (κ3) is 4.95. The zero-order chi connectivity index (χ0) is 20.1. The van der Waals surface area contributed by atoms with Crippen LogP contribution in [0.1, 0.15) is 12.8 Å². The molecule has 150 valence electrons. The SMILES string of the molecule is CN(C1CCN(CC(=O)Nc2ccc(F)cc2)CC1)S(=O)(=O)c1ccccc1. The van der Waals surface area contributed by atoms with Crippen molar-refractivity contribution in [2.75, 3.05) is 32.0 Å². The van der Waals surface area contributed by atoms with Gasteiger partial charge in [-0.1, -0.05) is 18.2 Å². The first-order valence-electron chi connectivity index (χ1n) is 9.17. The molecule has 0 saturated carbocycles. The number of anilines is 1. The van der Waals surface area contributed by atoms with Crippen molar-refractivity contribution in [2.24, 2.45) is 0 Å². The average Bonchev–Trinajstić information content (AvgIpc) is 2.70. The summed E-state index contributed by atoms with van der Waals surface area (Å²) < 4.78 is 39.8. The van der Waals surface area contributed by atoms with Gasteiger partial charge < -0.3 is 5.32 Å². The number of halogens is 1. The van der Waals surface area contributed by atoms with Crippen molar-refractivity contribution in [2.45, 2.75) is 23.8 Å². The van der Waals surface area contributed by atoms with Crippen LogP contribution in [0, 0.1) is 5.82 Å². The van der Waals surface area contributed by atoms with E-state index in [4.69, 9.17) is 0 Å². The van der Waals surface area contributed by atoms with Gasteiger partial charge in [-0.3, -0.25) is 9.69 Å². The van der Waals surface area contributed by atoms with Gasteiger partial charge in [-0.25, -0.2) is 12.8 Å². The second kappa shape index (κ2) is 8.81. The van der Waals surface area contributed by atoms with E-state index in [1.807, 2.05) is 4.90 Å². The topological polar surface area (TPSA) is 69.7 Å². The van der Waals surface area contributed by atoms with Crippen LogP contribution in [0.5, 0.6) is 0 Å². The molecule has 0 unspecified atom stereocenters. The number of hydrogen-bond acceptors (Lipinski definition) is 4. The Morgan fingerprint density at radius 2 is 1.71 bits per heavy atom. The van der Waals surface area contributed by atoms with Crippen molar-refractivity contribution in [3.8, 4) is 0 Å². The third-order valence-electron chi connectivity index (χ3n) is 4.99. The molecule has 0 bridgehead atoms. The van der Waals surface area contributed by atoms with Gasteiger partial charge in [0.15, 0.2) is 0 Å². The lowest BCUT2D eigenvalue weighted by Crippen LogP contribution is -2.47. The van der Waals surface area contributed by atoms with Crippen LogP contribution in [-0.4, -0.2) is 56.3 Å². The molecule has 1 heterocycles. The molecule has 1 N–H and O–H groups in total. The van der Waals surface area contributed by atoms with Crippen LogP contribution in [0.25, 0.3) is 0 Å². The van der Waals surface area contributed by atoms with Crippen molar-refractivity contribution in [1.82, 2.24) is 9.21 Å². The Bertz CT molecular complexity index is 896. The van der Waals surface area contributed by atoms with Gasteiger partial charge in [0.1, 0.15) is 5.82 Å². The number of benzene rings is 2. The van der Waals surface area contributed by atoms with Crippen LogP contribution < -0.4 is 5.32 Å². The number of sulfonamides is 1. The van der Waals surface area contributed by atoms with Crippen LogP contribution in [0.15, 0.2) is 59.5 Å². The number of carbonyl (C=O) groups is 1. The van der Waals surface area contributed by atoms with Crippen LogP contribution in [0.2, 0.25) is 0 Å². The zero-order valence-corrected chi connectivity index (χ0v) is 16.5. The molecule has 2 aromatic rings. The summed E-state index contributed by atoms with van der Waals surface area (Å²) in [6.45, 7) is 1.49. The molecular weight excluding hydrogens is 381 g/mol. The number of piperidine rings is 1. The summed E-state index contributed by atoms with van der Waals surface area (Å²) in [5.74, 6) is -0.523. The normalized spacial score (nSPS) is 16.2. The number of carbonyl (C=O) groups excluding carboxylic acids is 1. The molecule has 8 heteroatoms. The van der Waals surface area contributed by atoms with E-state index in [0.717, 1.165) is 0 Å². The molecule has 1 aliphatic heterocycles. The van der Waals surface area contributed by atoms with Crippen molar-refractivity contribution in [3.63, 3.8) is 0 Å². The third-order valence-corrected chi connectivity index (χ3v) is 6.91. The van der Waals surface area contributed by atoms with Crippen molar-refractivity contribution in [3.05, 3.63) is 60.4 Å². The first-order valence-corrected chi connectivity index (χ1v) is 10.6. The fourth-order valence-electron chi connectivity index (χ4n) is 3.33. The first-order chi connectivity index (χ1) is 13.4.